The quantitative estimate of drug-likeness (QED) is 0.289. The van der Waals surface area contributed by atoms with Crippen LogP contribution in [-0.4, -0.2) is 35.2 Å². The molecule has 37 heavy (non-hydrogen) atoms. The number of methoxy groups -OCH3 is 1. The molecular formula is C30H31N5O2. The fraction of sp³-hybridized carbons (Fsp3) is 0.133. The molecule has 0 aliphatic heterocycles. The van der Waals surface area contributed by atoms with Crippen LogP contribution in [-0.2, 0) is 0 Å². The van der Waals surface area contributed by atoms with Gasteiger partial charge in [-0.2, -0.15) is 5.10 Å². The number of benzene rings is 2. The van der Waals surface area contributed by atoms with Gasteiger partial charge in [0.15, 0.2) is 0 Å². The summed E-state index contributed by atoms with van der Waals surface area (Å²) in [5, 5.41) is 11.2. The van der Waals surface area contributed by atoms with Crippen molar-refractivity contribution in [1.29, 1.82) is 0 Å². The van der Waals surface area contributed by atoms with Crippen molar-refractivity contribution < 1.29 is 9.53 Å². The average molecular weight is 494 g/mol. The molecule has 0 aliphatic rings. The minimum Gasteiger partial charge on any atom is -0.497 e. The maximum atomic E-state index is 13.4. The number of nitrogens with two attached hydrogens (primary N) is 1. The van der Waals surface area contributed by atoms with E-state index in [0.717, 1.165) is 22.3 Å². The van der Waals surface area contributed by atoms with Crippen molar-refractivity contribution in [3.05, 3.63) is 120 Å². The molecule has 1 atom stereocenters. The van der Waals surface area contributed by atoms with Crippen LogP contribution in [0.2, 0.25) is 0 Å². The number of nitrogens with zero attached hydrogens (tertiary/aromatic N) is 2. The zero-order chi connectivity index (χ0) is 26.8. The molecule has 1 aromatic heterocycles. The van der Waals surface area contributed by atoms with Crippen molar-refractivity contribution in [3.63, 3.8) is 0 Å². The van der Waals surface area contributed by atoms with E-state index in [2.05, 4.69) is 40.5 Å². The van der Waals surface area contributed by atoms with Crippen molar-refractivity contribution in [2.24, 2.45) is 5.73 Å². The van der Waals surface area contributed by atoms with Crippen LogP contribution in [0.25, 0.3) is 10.9 Å². The largest absolute Gasteiger partial charge is 0.497 e. The topological polar surface area (TPSA) is 96.3 Å². The first-order valence-corrected chi connectivity index (χ1v) is 11.6. The molecule has 7 heteroatoms. The minimum absolute atomic E-state index is 0.231. The van der Waals surface area contributed by atoms with Gasteiger partial charge in [0, 0.05) is 24.2 Å². The van der Waals surface area contributed by atoms with Crippen molar-refractivity contribution in [2.45, 2.75) is 13.0 Å². The monoisotopic (exact) mass is 493 g/mol. The molecule has 1 amide bonds. The highest BCUT2D eigenvalue weighted by atomic mass is 16.5. The number of amides is 1. The van der Waals surface area contributed by atoms with Gasteiger partial charge in [0.05, 0.1) is 18.7 Å². The van der Waals surface area contributed by atoms with Crippen LogP contribution in [0.1, 0.15) is 34.6 Å². The molecule has 0 fully saturated rings. The van der Waals surface area contributed by atoms with Gasteiger partial charge < -0.3 is 20.7 Å². The van der Waals surface area contributed by atoms with Crippen molar-refractivity contribution in [1.82, 2.24) is 20.4 Å². The number of hydrogen-bond acceptors (Lipinski definition) is 5. The first-order chi connectivity index (χ1) is 17.9. The SMILES string of the molecule is C=C/C=C(\C=C/C)C(NC(=O)c1ccc2c(C#C/C(=C/N)N(C)C=C)n[nH]c2c1)c1ccc(OC)cc1. The maximum absolute atomic E-state index is 13.4. The van der Waals surface area contributed by atoms with Gasteiger partial charge in [-0.1, -0.05) is 49.6 Å². The lowest BCUT2D eigenvalue weighted by Crippen LogP contribution is -2.29. The summed E-state index contributed by atoms with van der Waals surface area (Å²) in [4.78, 5) is 15.1. The van der Waals surface area contributed by atoms with E-state index in [-0.39, 0.29) is 5.91 Å². The molecule has 7 nitrogen and oxygen atoms in total. The lowest BCUT2D eigenvalue weighted by molar-refractivity contribution is 0.0943. The molecule has 0 radical (unpaired) electrons. The standard InChI is InChI=1S/C30H31N5O2/c1-6-9-21(10-7-2)29(22-11-15-25(37-5)16-12-22)32-30(36)23-13-17-26-27(33-34-28(26)19-23)18-14-24(20-31)35(4)8-3/h6-13,15-17,19-20,29H,1,3,31H2,2,4-5H3,(H,32,36)(H,33,34)/b10-7-,21-9+,24-20-. The van der Waals surface area contributed by atoms with Crippen LogP contribution in [0.15, 0.2) is 104 Å². The van der Waals surface area contributed by atoms with Gasteiger partial charge in [-0.15, -0.1) is 0 Å². The number of ether oxygens (including phenoxy) is 1. The Kier molecular flexibility index (Phi) is 9.11. The second kappa shape index (κ2) is 12.7. The third kappa shape index (κ3) is 6.38. The van der Waals surface area contributed by atoms with E-state index in [1.165, 1.54) is 6.20 Å². The Balaban J connectivity index is 1.92. The molecule has 1 heterocycles. The Labute approximate surface area is 217 Å². The first-order valence-electron chi connectivity index (χ1n) is 11.6. The summed E-state index contributed by atoms with van der Waals surface area (Å²) in [6, 6.07) is 12.6. The molecular weight excluding hydrogens is 462 g/mol. The predicted molar refractivity (Wildman–Crippen MR) is 149 cm³/mol. The first kappa shape index (κ1) is 26.6. The molecule has 0 spiro atoms. The molecule has 4 N–H and O–H groups in total. The Morgan fingerprint density at radius 3 is 2.62 bits per heavy atom. The fourth-order valence-corrected chi connectivity index (χ4v) is 3.67. The summed E-state index contributed by atoms with van der Waals surface area (Å²) < 4.78 is 5.28. The van der Waals surface area contributed by atoms with E-state index < -0.39 is 6.04 Å². The van der Waals surface area contributed by atoms with Crippen LogP contribution in [0.4, 0.5) is 0 Å². The zero-order valence-electron chi connectivity index (χ0n) is 21.3. The molecule has 3 rings (SSSR count). The number of carbonyl (C=O) groups is 1. The number of aromatic amines is 1. The lowest BCUT2D eigenvalue weighted by Gasteiger charge is -2.21. The van der Waals surface area contributed by atoms with E-state index >= 15 is 0 Å². The predicted octanol–water partition coefficient (Wildman–Crippen LogP) is 4.96. The summed E-state index contributed by atoms with van der Waals surface area (Å²) in [7, 11) is 3.42. The van der Waals surface area contributed by atoms with Crippen molar-refractivity contribution in [3.8, 4) is 17.6 Å². The number of H-pyrrole nitrogens is 1. The average Bonchev–Trinajstić information content (AvgIpc) is 3.34. The number of hydrogen-bond donors (Lipinski definition) is 3. The second-order valence-corrected chi connectivity index (χ2v) is 8.01. The Morgan fingerprint density at radius 2 is 2.00 bits per heavy atom. The molecule has 0 aliphatic carbocycles. The molecule has 0 bridgehead atoms. The number of carbonyl (C=O) groups excluding carboxylic acids is 1. The maximum Gasteiger partial charge on any atom is 0.252 e. The van der Waals surface area contributed by atoms with Gasteiger partial charge >= 0.3 is 0 Å². The Hall–Kier alpha value is -4.96. The normalized spacial score (nSPS) is 12.5. The van der Waals surface area contributed by atoms with E-state index in [4.69, 9.17) is 10.5 Å². The van der Waals surface area contributed by atoms with Gasteiger partial charge in [-0.3, -0.25) is 9.89 Å². The van der Waals surface area contributed by atoms with Gasteiger partial charge in [-0.05, 0) is 66.4 Å². The summed E-state index contributed by atoms with van der Waals surface area (Å²) in [5.74, 6) is 6.52. The highest BCUT2D eigenvalue weighted by Gasteiger charge is 2.19. The molecule has 1 unspecified atom stereocenters. The van der Waals surface area contributed by atoms with Crippen LogP contribution in [0, 0.1) is 11.8 Å². The third-order valence-corrected chi connectivity index (χ3v) is 5.67. The van der Waals surface area contributed by atoms with E-state index in [0.29, 0.717) is 22.5 Å². The van der Waals surface area contributed by atoms with Gasteiger partial charge in [0.1, 0.15) is 17.1 Å². The van der Waals surface area contributed by atoms with Gasteiger partial charge in [-0.25, -0.2) is 0 Å². The smallest absolute Gasteiger partial charge is 0.252 e. The number of aromatic nitrogens is 2. The van der Waals surface area contributed by atoms with Crippen LogP contribution in [0.3, 0.4) is 0 Å². The summed E-state index contributed by atoms with van der Waals surface area (Å²) in [6.45, 7) is 9.47. The number of fused-ring (bicyclic) bond motifs is 1. The lowest BCUT2D eigenvalue weighted by atomic mass is 9.97. The Morgan fingerprint density at radius 1 is 1.24 bits per heavy atom. The molecule has 2 aromatic carbocycles. The van der Waals surface area contributed by atoms with Gasteiger partial charge in [0.2, 0.25) is 0 Å². The fourth-order valence-electron chi connectivity index (χ4n) is 3.67. The third-order valence-electron chi connectivity index (χ3n) is 5.67. The molecule has 0 saturated carbocycles. The Bertz CT molecular complexity index is 1430. The van der Waals surface area contributed by atoms with Crippen LogP contribution >= 0.6 is 0 Å². The highest BCUT2D eigenvalue weighted by molar-refractivity contribution is 5.99. The van der Waals surface area contributed by atoms with E-state index in [1.807, 2.05) is 55.5 Å². The zero-order valence-corrected chi connectivity index (χ0v) is 21.3. The van der Waals surface area contributed by atoms with Crippen molar-refractivity contribution >= 4 is 16.8 Å². The van der Waals surface area contributed by atoms with Gasteiger partial charge in [0.25, 0.3) is 5.91 Å². The molecule has 188 valence electrons. The molecule has 3 aromatic rings. The van der Waals surface area contributed by atoms with Crippen LogP contribution in [0.5, 0.6) is 5.75 Å². The summed E-state index contributed by atoms with van der Waals surface area (Å²) in [5.41, 5.74) is 9.80. The van der Waals surface area contributed by atoms with Crippen molar-refractivity contribution in [2.75, 3.05) is 14.2 Å². The number of nitrogens with one attached hydrogen (secondary N) is 2. The number of allylic oxidation sites excluding steroid dienone is 4. The minimum atomic E-state index is -0.394. The van der Waals surface area contributed by atoms with Crippen LogP contribution < -0.4 is 15.8 Å². The van der Waals surface area contributed by atoms with E-state index in [1.54, 1.807) is 43.5 Å². The van der Waals surface area contributed by atoms with E-state index in [9.17, 15) is 4.79 Å². The second-order valence-electron chi connectivity index (χ2n) is 8.01. The highest BCUT2D eigenvalue weighted by Crippen LogP contribution is 2.26. The molecule has 0 saturated heterocycles. The summed E-state index contributed by atoms with van der Waals surface area (Å²) >= 11 is 0. The summed E-state index contributed by atoms with van der Waals surface area (Å²) in [6.07, 6.45) is 10.5. The number of rotatable bonds is 9.